The number of hydrogen-bond donors (Lipinski definition) is 1. The van der Waals surface area contributed by atoms with Crippen molar-refractivity contribution in [2.24, 2.45) is 5.10 Å². The van der Waals surface area contributed by atoms with Crippen LogP contribution < -0.4 is 5.43 Å². The highest BCUT2D eigenvalue weighted by Crippen LogP contribution is 2.04. The highest BCUT2D eigenvalue weighted by molar-refractivity contribution is 5.98. The molecule has 0 atom stereocenters. The van der Waals surface area contributed by atoms with Crippen LogP contribution in [-0.2, 0) is 0 Å². The molecule has 0 heterocycles. The van der Waals surface area contributed by atoms with Gasteiger partial charge in [0.2, 0.25) is 0 Å². The van der Waals surface area contributed by atoms with Crippen LogP contribution >= 0.6 is 0 Å². The van der Waals surface area contributed by atoms with Gasteiger partial charge in [-0.2, -0.15) is 5.10 Å². The standard InChI is InChI=1S/C10H14N2/c1-8-5-4-6-10(7-8)9(2)12-11-3/h4-7,11H,1-3H3/b12-9-. The zero-order chi connectivity index (χ0) is 8.97. The monoisotopic (exact) mass is 162 g/mol. The summed E-state index contributed by atoms with van der Waals surface area (Å²) in [6.45, 7) is 4.07. The van der Waals surface area contributed by atoms with Crippen molar-refractivity contribution in [1.29, 1.82) is 0 Å². The van der Waals surface area contributed by atoms with Gasteiger partial charge in [0.1, 0.15) is 0 Å². The maximum Gasteiger partial charge on any atom is 0.0644 e. The fourth-order valence-electron chi connectivity index (χ4n) is 1.10. The molecule has 0 aliphatic carbocycles. The van der Waals surface area contributed by atoms with Crippen LogP contribution in [-0.4, -0.2) is 12.8 Å². The van der Waals surface area contributed by atoms with Gasteiger partial charge in [-0.1, -0.05) is 29.8 Å². The lowest BCUT2D eigenvalue weighted by molar-refractivity contribution is 0.899. The van der Waals surface area contributed by atoms with Crippen LogP contribution in [0.25, 0.3) is 0 Å². The number of hydrazone groups is 1. The highest BCUT2D eigenvalue weighted by atomic mass is 15.3. The molecule has 1 rings (SSSR count). The largest absolute Gasteiger partial charge is 0.313 e. The van der Waals surface area contributed by atoms with E-state index in [1.54, 1.807) is 7.05 Å². The predicted octanol–water partition coefficient (Wildman–Crippen LogP) is 1.94. The Morgan fingerprint density at radius 3 is 2.75 bits per heavy atom. The van der Waals surface area contributed by atoms with Crippen molar-refractivity contribution in [3.63, 3.8) is 0 Å². The molecule has 64 valence electrons. The number of aryl methyl sites for hydroxylation is 1. The lowest BCUT2D eigenvalue weighted by atomic mass is 10.1. The second-order valence-corrected chi connectivity index (χ2v) is 2.79. The van der Waals surface area contributed by atoms with Crippen LogP contribution in [0.4, 0.5) is 0 Å². The van der Waals surface area contributed by atoms with Crippen LogP contribution in [0.2, 0.25) is 0 Å². The summed E-state index contributed by atoms with van der Waals surface area (Å²) < 4.78 is 0. The molecule has 2 heteroatoms. The number of benzene rings is 1. The topological polar surface area (TPSA) is 24.4 Å². The van der Waals surface area contributed by atoms with E-state index in [1.165, 1.54) is 11.1 Å². The Labute approximate surface area is 73.3 Å². The molecule has 12 heavy (non-hydrogen) atoms. The van der Waals surface area contributed by atoms with Crippen molar-refractivity contribution in [2.45, 2.75) is 13.8 Å². The zero-order valence-electron chi connectivity index (χ0n) is 7.76. The normalized spacial score (nSPS) is 11.4. The Morgan fingerprint density at radius 2 is 2.17 bits per heavy atom. The van der Waals surface area contributed by atoms with Gasteiger partial charge in [-0.25, -0.2) is 0 Å². The van der Waals surface area contributed by atoms with Gasteiger partial charge in [0.05, 0.1) is 5.71 Å². The Hall–Kier alpha value is -1.31. The van der Waals surface area contributed by atoms with Gasteiger partial charge >= 0.3 is 0 Å². The fourth-order valence-corrected chi connectivity index (χ4v) is 1.10. The molecule has 2 nitrogen and oxygen atoms in total. The first-order chi connectivity index (χ1) is 5.74. The zero-order valence-corrected chi connectivity index (χ0v) is 7.76. The van der Waals surface area contributed by atoms with E-state index in [0.29, 0.717) is 0 Å². The van der Waals surface area contributed by atoms with Crippen LogP contribution in [0.15, 0.2) is 29.4 Å². The van der Waals surface area contributed by atoms with Gasteiger partial charge in [-0.3, -0.25) is 0 Å². The lowest BCUT2D eigenvalue weighted by Crippen LogP contribution is -2.02. The molecule has 0 radical (unpaired) electrons. The molecular formula is C10H14N2. The smallest absolute Gasteiger partial charge is 0.0644 e. The number of rotatable bonds is 2. The van der Waals surface area contributed by atoms with Crippen molar-refractivity contribution >= 4 is 5.71 Å². The molecule has 1 N–H and O–H groups in total. The minimum atomic E-state index is 1.02. The number of nitrogens with one attached hydrogen (secondary N) is 1. The third-order valence-corrected chi connectivity index (χ3v) is 1.72. The minimum absolute atomic E-state index is 1.02. The molecular weight excluding hydrogens is 148 g/mol. The molecule has 0 aromatic heterocycles. The Morgan fingerprint density at radius 1 is 1.42 bits per heavy atom. The SMILES string of the molecule is CN/N=C(/C)c1cccc(C)c1. The molecule has 0 bridgehead atoms. The van der Waals surface area contributed by atoms with E-state index in [-0.39, 0.29) is 0 Å². The van der Waals surface area contributed by atoms with E-state index in [1.807, 2.05) is 13.0 Å². The van der Waals surface area contributed by atoms with E-state index in [0.717, 1.165) is 5.71 Å². The van der Waals surface area contributed by atoms with Crippen molar-refractivity contribution in [3.8, 4) is 0 Å². The first-order valence-electron chi connectivity index (χ1n) is 4.02. The first kappa shape index (κ1) is 8.78. The van der Waals surface area contributed by atoms with Gasteiger partial charge in [-0.15, -0.1) is 0 Å². The van der Waals surface area contributed by atoms with E-state index >= 15 is 0 Å². The molecule has 1 aromatic rings. The maximum atomic E-state index is 4.10. The first-order valence-corrected chi connectivity index (χ1v) is 4.02. The van der Waals surface area contributed by atoms with E-state index in [4.69, 9.17) is 0 Å². The molecule has 0 unspecified atom stereocenters. The molecule has 0 spiro atoms. The van der Waals surface area contributed by atoms with Crippen molar-refractivity contribution in [2.75, 3.05) is 7.05 Å². The summed E-state index contributed by atoms with van der Waals surface area (Å²) in [5.74, 6) is 0. The number of nitrogens with zero attached hydrogens (tertiary/aromatic N) is 1. The van der Waals surface area contributed by atoms with E-state index in [2.05, 4.69) is 35.7 Å². The van der Waals surface area contributed by atoms with Gasteiger partial charge in [0, 0.05) is 7.05 Å². The summed E-state index contributed by atoms with van der Waals surface area (Å²) in [4.78, 5) is 0. The Kier molecular flexibility index (Phi) is 2.86. The molecule has 0 amide bonds. The molecule has 0 aliphatic heterocycles. The van der Waals surface area contributed by atoms with Crippen molar-refractivity contribution in [1.82, 2.24) is 5.43 Å². The molecule has 0 saturated heterocycles. The van der Waals surface area contributed by atoms with Crippen LogP contribution in [0, 0.1) is 6.92 Å². The second kappa shape index (κ2) is 3.90. The summed E-state index contributed by atoms with van der Waals surface area (Å²) in [6, 6.07) is 8.30. The Balaban J connectivity index is 2.95. The average molecular weight is 162 g/mol. The quantitative estimate of drug-likeness (QED) is 0.521. The van der Waals surface area contributed by atoms with Crippen LogP contribution in [0.5, 0.6) is 0 Å². The molecule has 1 aromatic carbocycles. The van der Waals surface area contributed by atoms with Crippen LogP contribution in [0.3, 0.4) is 0 Å². The average Bonchev–Trinajstić information content (AvgIpc) is 2.05. The van der Waals surface area contributed by atoms with Crippen LogP contribution in [0.1, 0.15) is 18.1 Å². The third kappa shape index (κ3) is 2.09. The summed E-state index contributed by atoms with van der Waals surface area (Å²) in [5, 5.41) is 4.10. The van der Waals surface area contributed by atoms with Gasteiger partial charge in [0.25, 0.3) is 0 Å². The van der Waals surface area contributed by atoms with Gasteiger partial charge in [-0.05, 0) is 19.4 Å². The highest BCUT2D eigenvalue weighted by Gasteiger charge is 1.95. The van der Waals surface area contributed by atoms with Crippen molar-refractivity contribution in [3.05, 3.63) is 35.4 Å². The molecule has 0 saturated carbocycles. The summed E-state index contributed by atoms with van der Waals surface area (Å²) in [7, 11) is 1.80. The Bertz CT molecular complexity index is 290. The molecule has 0 fully saturated rings. The minimum Gasteiger partial charge on any atom is -0.313 e. The molecule has 0 aliphatic rings. The van der Waals surface area contributed by atoms with E-state index in [9.17, 15) is 0 Å². The fraction of sp³-hybridized carbons (Fsp3) is 0.300. The third-order valence-electron chi connectivity index (χ3n) is 1.72. The van der Waals surface area contributed by atoms with Gasteiger partial charge < -0.3 is 5.43 Å². The van der Waals surface area contributed by atoms with Gasteiger partial charge in [0.15, 0.2) is 0 Å². The second-order valence-electron chi connectivity index (χ2n) is 2.79. The predicted molar refractivity (Wildman–Crippen MR) is 52.4 cm³/mol. The summed E-state index contributed by atoms with van der Waals surface area (Å²) in [5.41, 5.74) is 6.22. The van der Waals surface area contributed by atoms with E-state index < -0.39 is 0 Å². The number of hydrogen-bond acceptors (Lipinski definition) is 2. The summed E-state index contributed by atoms with van der Waals surface area (Å²) >= 11 is 0. The van der Waals surface area contributed by atoms with Crippen molar-refractivity contribution < 1.29 is 0 Å². The lowest BCUT2D eigenvalue weighted by Gasteiger charge is -2.00. The summed E-state index contributed by atoms with van der Waals surface area (Å²) in [6.07, 6.45) is 0. The maximum absolute atomic E-state index is 4.10.